The van der Waals surface area contributed by atoms with Crippen molar-refractivity contribution in [2.75, 3.05) is 32.8 Å². The number of aliphatic hydroxyl groups excluding tert-OH is 1. The maximum absolute atomic E-state index is 11.7. The molecule has 2 aromatic carbocycles. The predicted molar refractivity (Wildman–Crippen MR) is 107 cm³/mol. The molecule has 1 fully saturated rings. The van der Waals surface area contributed by atoms with Gasteiger partial charge in [0.1, 0.15) is 0 Å². The Morgan fingerprint density at radius 1 is 1.04 bits per heavy atom. The van der Waals surface area contributed by atoms with E-state index in [1.54, 1.807) is 24.0 Å². The van der Waals surface area contributed by atoms with E-state index < -0.39 is 5.97 Å². The lowest BCUT2D eigenvalue weighted by Crippen LogP contribution is -2.35. The van der Waals surface area contributed by atoms with Crippen LogP contribution in [0.2, 0.25) is 0 Å². The molecule has 6 nitrogen and oxygen atoms in total. The normalized spacial score (nSPS) is 17.9. The third kappa shape index (κ3) is 4.77. The summed E-state index contributed by atoms with van der Waals surface area (Å²) in [5.41, 5.74) is 2.98. The zero-order valence-corrected chi connectivity index (χ0v) is 16.0. The summed E-state index contributed by atoms with van der Waals surface area (Å²) in [6.07, 6.45) is 0. The Bertz CT molecular complexity index is 835. The average Bonchev–Trinajstić information content (AvgIpc) is 2.91. The summed E-state index contributed by atoms with van der Waals surface area (Å²) >= 11 is 0. The summed E-state index contributed by atoms with van der Waals surface area (Å²) in [6, 6.07) is 14.9. The Labute approximate surface area is 165 Å². The zero-order chi connectivity index (χ0) is 20.1. The van der Waals surface area contributed by atoms with Gasteiger partial charge < -0.3 is 15.1 Å². The first-order valence-corrected chi connectivity index (χ1v) is 9.48. The second-order valence-corrected chi connectivity index (χ2v) is 7.30. The summed E-state index contributed by atoms with van der Waals surface area (Å²) in [7, 11) is 0. The molecule has 3 rings (SSSR count). The number of aliphatic hydroxyl groups is 1. The minimum atomic E-state index is -0.936. The molecule has 0 spiro atoms. The Morgan fingerprint density at radius 2 is 1.75 bits per heavy atom. The molecule has 6 heteroatoms. The van der Waals surface area contributed by atoms with Crippen LogP contribution in [0.4, 0.5) is 0 Å². The van der Waals surface area contributed by atoms with Gasteiger partial charge >= 0.3 is 5.97 Å². The van der Waals surface area contributed by atoms with Gasteiger partial charge in [-0.15, -0.1) is 0 Å². The molecule has 1 unspecified atom stereocenters. The average molecular weight is 382 g/mol. The summed E-state index contributed by atoms with van der Waals surface area (Å²) < 4.78 is 0. The predicted octanol–water partition coefficient (Wildman–Crippen LogP) is 2.32. The van der Waals surface area contributed by atoms with Gasteiger partial charge in [-0.3, -0.25) is 9.69 Å². The van der Waals surface area contributed by atoms with Crippen LogP contribution in [0.5, 0.6) is 0 Å². The van der Waals surface area contributed by atoms with E-state index in [0.717, 1.165) is 30.8 Å². The van der Waals surface area contributed by atoms with Gasteiger partial charge in [-0.1, -0.05) is 42.5 Å². The minimum Gasteiger partial charge on any atom is -0.478 e. The molecular weight excluding hydrogens is 356 g/mol. The molecule has 0 aliphatic carbocycles. The Hall–Kier alpha value is -2.70. The van der Waals surface area contributed by atoms with Crippen LogP contribution < -0.4 is 0 Å². The van der Waals surface area contributed by atoms with Crippen LogP contribution in [-0.2, 0) is 11.3 Å². The number of nitrogens with zero attached hydrogens (tertiary/aromatic N) is 2. The molecule has 28 heavy (non-hydrogen) atoms. The number of hydrogen-bond donors (Lipinski definition) is 2. The number of amides is 1. The van der Waals surface area contributed by atoms with Crippen molar-refractivity contribution in [2.45, 2.75) is 13.5 Å². The second kappa shape index (κ2) is 8.99. The molecule has 0 radical (unpaired) electrons. The quantitative estimate of drug-likeness (QED) is 0.830. The van der Waals surface area contributed by atoms with Gasteiger partial charge in [-0.25, -0.2) is 4.79 Å². The summed E-state index contributed by atoms with van der Waals surface area (Å²) in [5, 5.41) is 19.0. The molecule has 0 bridgehead atoms. The fourth-order valence-corrected chi connectivity index (χ4v) is 3.69. The number of carbonyl (C=O) groups excluding carboxylic acids is 1. The minimum absolute atomic E-state index is 0.0433. The van der Waals surface area contributed by atoms with Crippen molar-refractivity contribution in [3.63, 3.8) is 0 Å². The van der Waals surface area contributed by atoms with Crippen molar-refractivity contribution in [2.24, 2.45) is 5.92 Å². The van der Waals surface area contributed by atoms with Crippen LogP contribution in [0.3, 0.4) is 0 Å². The highest BCUT2D eigenvalue weighted by Gasteiger charge is 2.23. The van der Waals surface area contributed by atoms with Gasteiger partial charge in [0.15, 0.2) is 0 Å². The highest BCUT2D eigenvalue weighted by atomic mass is 16.4. The highest BCUT2D eigenvalue weighted by Crippen LogP contribution is 2.24. The number of carboxylic acid groups (broad SMARTS) is 1. The SMILES string of the molecule is CC(=O)N1CCN(Cc2ccc(-c3ccccc3C(=O)O)cc2)CC(CO)C1. The van der Waals surface area contributed by atoms with E-state index in [0.29, 0.717) is 18.7 Å². The fourth-order valence-electron chi connectivity index (χ4n) is 3.69. The first kappa shape index (κ1) is 20.0. The number of rotatable bonds is 5. The van der Waals surface area contributed by atoms with Crippen LogP contribution in [0.15, 0.2) is 48.5 Å². The van der Waals surface area contributed by atoms with E-state index in [2.05, 4.69) is 4.90 Å². The molecular formula is C22H26N2O4. The van der Waals surface area contributed by atoms with E-state index in [1.165, 1.54) is 0 Å². The van der Waals surface area contributed by atoms with Gasteiger partial charge in [0.25, 0.3) is 0 Å². The third-order valence-corrected chi connectivity index (χ3v) is 5.21. The lowest BCUT2D eigenvalue weighted by atomic mass is 9.98. The van der Waals surface area contributed by atoms with E-state index in [9.17, 15) is 19.8 Å². The van der Waals surface area contributed by atoms with E-state index in [4.69, 9.17) is 0 Å². The van der Waals surface area contributed by atoms with Crippen molar-refractivity contribution >= 4 is 11.9 Å². The number of hydrogen-bond acceptors (Lipinski definition) is 4. The Morgan fingerprint density at radius 3 is 2.39 bits per heavy atom. The Kier molecular flexibility index (Phi) is 6.44. The molecule has 1 heterocycles. The standard InChI is InChI=1S/C22H26N2O4/c1-16(26)24-11-10-23(13-18(14-24)15-25)12-17-6-8-19(9-7-17)20-4-2-3-5-21(20)22(27)28/h2-9,18,25H,10-15H2,1H3,(H,27,28). The maximum atomic E-state index is 11.7. The maximum Gasteiger partial charge on any atom is 0.336 e. The van der Waals surface area contributed by atoms with E-state index >= 15 is 0 Å². The molecule has 0 aromatic heterocycles. The van der Waals surface area contributed by atoms with Crippen molar-refractivity contribution in [3.05, 3.63) is 59.7 Å². The molecule has 2 N–H and O–H groups in total. The number of carbonyl (C=O) groups is 2. The van der Waals surface area contributed by atoms with Crippen molar-refractivity contribution in [3.8, 4) is 11.1 Å². The molecule has 0 saturated carbocycles. The number of benzene rings is 2. The van der Waals surface area contributed by atoms with Gasteiger partial charge in [-0.2, -0.15) is 0 Å². The Balaban J connectivity index is 1.72. The first-order chi connectivity index (χ1) is 13.5. The molecule has 1 aliphatic rings. The number of carboxylic acids is 1. The van der Waals surface area contributed by atoms with Crippen LogP contribution in [0, 0.1) is 5.92 Å². The van der Waals surface area contributed by atoms with Crippen LogP contribution >= 0.6 is 0 Å². The fraction of sp³-hybridized carbons (Fsp3) is 0.364. The monoisotopic (exact) mass is 382 g/mol. The summed E-state index contributed by atoms with van der Waals surface area (Å²) in [4.78, 5) is 27.2. The van der Waals surface area contributed by atoms with Crippen LogP contribution in [-0.4, -0.2) is 64.7 Å². The molecule has 1 aliphatic heterocycles. The molecule has 2 aromatic rings. The van der Waals surface area contributed by atoms with Crippen molar-refractivity contribution < 1.29 is 19.8 Å². The second-order valence-electron chi connectivity index (χ2n) is 7.30. The molecule has 1 atom stereocenters. The highest BCUT2D eigenvalue weighted by molar-refractivity contribution is 5.95. The number of aromatic carboxylic acids is 1. The van der Waals surface area contributed by atoms with Gasteiger partial charge in [-0.05, 0) is 22.8 Å². The van der Waals surface area contributed by atoms with E-state index in [-0.39, 0.29) is 24.0 Å². The molecule has 1 amide bonds. The smallest absolute Gasteiger partial charge is 0.336 e. The zero-order valence-electron chi connectivity index (χ0n) is 16.0. The first-order valence-electron chi connectivity index (χ1n) is 9.48. The summed E-state index contributed by atoms with van der Waals surface area (Å²) in [5.74, 6) is -0.843. The van der Waals surface area contributed by atoms with Crippen molar-refractivity contribution in [1.82, 2.24) is 9.80 Å². The van der Waals surface area contributed by atoms with E-state index in [1.807, 2.05) is 36.4 Å². The lowest BCUT2D eigenvalue weighted by molar-refractivity contribution is -0.129. The molecule has 148 valence electrons. The summed E-state index contributed by atoms with van der Waals surface area (Å²) in [6.45, 7) is 5.11. The van der Waals surface area contributed by atoms with Crippen LogP contribution in [0.25, 0.3) is 11.1 Å². The molecule has 1 saturated heterocycles. The van der Waals surface area contributed by atoms with Crippen LogP contribution in [0.1, 0.15) is 22.8 Å². The third-order valence-electron chi connectivity index (χ3n) is 5.21. The van der Waals surface area contributed by atoms with Gasteiger partial charge in [0.2, 0.25) is 5.91 Å². The van der Waals surface area contributed by atoms with Crippen molar-refractivity contribution in [1.29, 1.82) is 0 Å². The topological polar surface area (TPSA) is 81.1 Å². The lowest BCUT2D eigenvalue weighted by Gasteiger charge is -2.22. The largest absolute Gasteiger partial charge is 0.478 e. The van der Waals surface area contributed by atoms with Gasteiger partial charge in [0, 0.05) is 52.2 Å². The van der Waals surface area contributed by atoms with Gasteiger partial charge in [0.05, 0.1) is 5.56 Å².